The monoisotopic (exact) mass is 332 g/mol. The highest BCUT2D eigenvalue weighted by Gasteiger charge is 2.13. The standard InChI is InChI=1S/C14H12N4O2S2/c19-22(20,13-4-2-1-3-5-13)17-11-6-8-12(9-7-11)18-10-15-16-14(18)21/h1-10,17H,(H,16,21). The lowest BCUT2D eigenvalue weighted by atomic mass is 10.3. The van der Waals surface area contributed by atoms with E-state index in [-0.39, 0.29) is 4.90 Å². The van der Waals surface area contributed by atoms with Gasteiger partial charge in [0.25, 0.3) is 10.0 Å². The molecule has 0 bridgehead atoms. The third-order valence-corrected chi connectivity index (χ3v) is 4.68. The van der Waals surface area contributed by atoms with Gasteiger partial charge in [0, 0.05) is 11.4 Å². The lowest BCUT2D eigenvalue weighted by Crippen LogP contribution is -2.12. The molecule has 6 nitrogen and oxygen atoms in total. The quantitative estimate of drug-likeness (QED) is 0.719. The lowest BCUT2D eigenvalue weighted by molar-refractivity contribution is 0.601. The van der Waals surface area contributed by atoms with Crippen molar-refractivity contribution in [3.05, 3.63) is 60.9 Å². The summed E-state index contributed by atoms with van der Waals surface area (Å²) in [6.07, 6.45) is 1.53. The van der Waals surface area contributed by atoms with Gasteiger partial charge in [-0.2, -0.15) is 0 Å². The summed E-state index contributed by atoms with van der Waals surface area (Å²) in [5.74, 6) is 0. The van der Waals surface area contributed by atoms with E-state index in [0.29, 0.717) is 10.8 Å². The van der Waals surface area contributed by atoms with E-state index in [9.17, 15) is 8.42 Å². The van der Waals surface area contributed by atoms with Crippen molar-refractivity contribution in [1.82, 2.24) is 14.8 Å². The Hall–Kier alpha value is -2.32. The summed E-state index contributed by atoms with van der Waals surface area (Å²) in [6.45, 7) is 0. The molecule has 3 rings (SSSR count). The van der Waals surface area contributed by atoms with Crippen LogP contribution in [-0.4, -0.2) is 23.2 Å². The van der Waals surface area contributed by atoms with Gasteiger partial charge >= 0.3 is 0 Å². The number of benzene rings is 2. The number of thiol groups is 1. The molecule has 112 valence electrons. The van der Waals surface area contributed by atoms with E-state index in [1.165, 1.54) is 6.33 Å². The molecule has 0 unspecified atom stereocenters. The maximum atomic E-state index is 12.2. The molecule has 1 heterocycles. The third kappa shape index (κ3) is 2.97. The Labute approximate surface area is 133 Å². The largest absolute Gasteiger partial charge is 0.280 e. The molecule has 2 aromatic carbocycles. The molecule has 1 N–H and O–H groups in total. The SMILES string of the molecule is O=S(=O)(Nc1ccc(-n2cnnc2S)cc1)c1ccccc1. The van der Waals surface area contributed by atoms with Crippen LogP contribution in [0.3, 0.4) is 0 Å². The van der Waals surface area contributed by atoms with E-state index in [4.69, 9.17) is 0 Å². The van der Waals surface area contributed by atoms with Crippen molar-refractivity contribution in [2.45, 2.75) is 10.1 Å². The minimum atomic E-state index is -3.58. The van der Waals surface area contributed by atoms with E-state index in [1.54, 1.807) is 59.2 Å². The summed E-state index contributed by atoms with van der Waals surface area (Å²) in [5.41, 5.74) is 1.26. The van der Waals surface area contributed by atoms with Gasteiger partial charge < -0.3 is 0 Å². The van der Waals surface area contributed by atoms with Crippen LogP contribution in [0.25, 0.3) is 5.69 Å². The Morgan fingerprint density at radius 3 is 2.27 bits per heavy atom. The summed E-state index contributed by atoms with van der Waals surface area (Å²) in [5, 5.41) is 7.98. The zero-order valence-corrected chi connectivity index (χ0v) is 13.0. The van der Waals surface area contributed by atoms with E-state index in [0.717, 1.165) is 5.69 Å². The number of rotatable bonds is 4. The van der Waals surface area contributed by atoms with Crippen LogP contribution in [0.15, 0.2) is 71.0 Å². The highest BCUT2D eigenvalue weighted by Crippen LogP contribution is 2.19. The Bertz CT molecular complexity index is 875. The smallest absolute Gasteiger partial charge is 0.261 e. The molecule has 0 saturated heterocycles. The van der Waals surface area contributed by atoms with E-state index in [2.05, 4.69) is 27.5 Å². The first-order valence-electron chi connectivity index (χ1n) is 6.33. The zero-order valence-electron chi connectivity index (χ0n) is 11.3. The van der Waals surface area contributed by atoms with Gasteiger partial charge in [-0.3, -0.25) is 9.29 Å². The number of sulfonamides is 1. The molecule has 0 aliphatic carbocycles. The van der Waals surface area contributed by atoms with Crippen molar-refractivity contribution in [3.8, 4) is 5.69 Å². The molecule has 0 saturated carbocycles. The molecule has 8 heteroatoms. The summed E-state index contributed by atoms with van der Waals surface area (Å²) in [7, 11) is -3.58. The van der Waals surface area contributed by atoms with Crippen molar-refractivity contribution < 1.29 is 8.42 Å². The normalized spacial score (nSPS) is 11.3. The fourth-order valence-electron chi connectivity index (χ4n) is 1.91. The molecule has 22 heavy (non-hydrogen) atoms. The molecule has 0 fully saturated rings. The molecule has 0 atom stereocenters. The maximum Gasteiger partial charge on any atom is 0.261 e. The molecule has 3 aromatic rings. The Kier molecular flexibility index (Phi) is 3.86. The van der Waals surface area contributed by atoms with Crippen molar-refractivity contribution in [1.29, 1.82) is 0 Å². The van der Waals surface area contributed by atoms with Crippen LogP contribution in [-0.2, 0) is 10.0 Å². The van der Waals surface area contributed by atoms with Crippen LogP contribution in [0, 0.1) is 0 Å². The van der Waals surface area contributed by atoms with Crippen LogP contribution in [0.4, 0.5) is 5.69 Å². The number of aromatic nitrogens is 3. The lowest BCUT2D eigenvalue weighted by Gasteiger charge is -2.09. The Balaban J connectivity index is 1.84. The van der Waals surface area contributed by atoms with Gasteiger partial charge in [-0.1, -0.05) is 18.2 Å². The topological polar surface area (TPSA) is 76.9 Å². The molecular formula is C14H12N4O2S2. The van der Waals surface area contributed by atoms with Gasteiger partial charge in [0.05, 0.1) is 4.90 Å². The number of nitrogens with one attached hydrogen (secondary N) is 1. The van der Waals surface area contributed by atoms with Gasteiger partial charge in [-0.25, -0.2) is 8.42 Å². The van der Waals surface area contributed by atoms with Crippen LogP contribution in [0.5, 0.6) is 0 Å². The minimum absolute atomic E-state index is 0.218. The zero-order chi connectivity index (χ0) is 15.6. The average molecular weight is 332 g/mol. The summed E-state index contributed by atoms with van der Waals surface area (Å²) in [6, 6.07) is 15.1. The van der Waals surface area contributed by atoms with Crippen molar-refractivity contribution in [2.75, 3.05) is 4.72 Å². The van der Waals surface area contributed by atoms with E-state index in [1.807, 2.05) is 0 Å². The molecule has 0 amide bonds. The Morgan fingerprint density at radius 2 is 1.68 bits per heavy atom. The van der Waals surface area contributed by atoms with Gasteiger partial charge in [0.1, 0.15) is 6.33 Å². The van der Waals surface area contributed by atoms with E-state index < -0.39 is 10.0 Å². The molecule has 1 aromatic heterocycles. The van der Waals surface area contributed by atoms with Gasteiger partial charge in [0.2, 0.25) is 0 Å². The second-order valence-corrected chi connectivity index (χ2v) is 6.55. The van der Waals surface area contributed by atoms with Crippen molar-refractivity contribution >= 4 is 28.3 Å². The maximum absolute atomic E-state index is 12.2. The second-order valence-electron chi connectivity index (χ2n) is 4.47. The first-order chi connectivity index (χ1) is 10.6. The molecule has 0 spiro atoms. The number of hydrogen-bond acceptors (Lipinski definition) is 5. The summed E-state index contributed by atoms with van der Waals surface area (Å²) in [4.78, 5) is 0.218. The first-order valence-corrected chi connectivity index (χ1v) is 8.26. The van der Waals surface area contributed by atoms with Crippen LogP contribution in [0.2, 0.25) is 0 Å². The molecule has 0 aliphatic rings. The summed E-state index contributed by atoms with van der Waals surface area (Å²) < 4.78 is 28.7. The van der Waals surface area contributed by atoms with Gasteiger partial charge in [0.15, 0.2) is 5.16 Å². The number of nitrogens with zero attached hydrogens (tertiary/aromatic N) is 3. The van der Waals surface area contributed by atoms with Crippen LogP contribution >= 0.6 is 12.6 Å². The molecule has 0 radical (unpaired) electrons. The predicted molar refractivity (Wildman–Crippen MR) is 85.9 cm³/mol. The molecule has 0 aliphatic heterocycles. The number of anilines is 1. The van der Waals surface area contributed by atoms with Crippen LogP contribution in [0.1, 0.15) is 0 Å². The van der Waals surface area contributed by atoms with Gasteiger partial charge in [-0.05, 0) is 36.4 Å². The summed E-state index contributed by atoms with van der Waals surface area (Å²) >= 11 is 4.18. The van der Waals surface area contributed by atoms with Gasteiger partial charge in [-0.15, -0.1) is 22.8 Å². The fraction of sp³-hybridized carbons (Fsp3) is 0. The minimum Gasteiger partial charge on any atom is -0.280 e. The predicted octanol–water partition coefficient (Wildman–Crippen LogP) is 2.36. The highest BCUT2D eigenvalue weighted by molar-refractivity contribution is 7.92. The first kappa shape index (κ1) is 14.6. The second kappa shape index (κ2) is 5.82. The highest BCUT2D eigenvalue weighted by atomic mass is 32.2. The van der Waals surface area contributed by atoms with Crippen LogP contribution < -0.4 is 4.72 Å². The van der Waals surface area contributed by atoms with E-state index >= 15 is 0 Å². The van der Waals surface area contributed by atoms with Crippen molar-refractivity contribution in [2.24, 2.45) is 0 Å². The third-order valence-electron chi connectivity index (χ3n) is 2.98. The molecular weight excluding hydrogens is 320 g/mol. The fourth-order valence-corrected chi connectivity index (χ4v) is 3.21. The number of hydrogen-bond donors (Lipinski definition) is 2. The van der Waals surface area contributed by atoms with Crippen molar-refractivity contribution in [3.63, 3.8) is 0 Å². The Morgan fingerprint density at radius 1 is 1.00 bits per heavy atom. The average Bonchev–Trinajstić information content (AvgIpc) is 2.95.